The first kappa shape index (κ1) is 13.4. The number of hydrogen-bond acceptors (Lipinski definition) is 3. The Morgan fingerprint density at radius 3 is 2.14 bits per heavy atom. The molecule has 0 radical (unpaired) electrons. The summed E-state index contributed by atoms with van der Waals surface area (Å²) >= 11 is 0. The van der Waals surface area contributed by atoms with E-state index in [4.69, 9.17) is 5.84 Å². The van der Waals surface area contributed by atoms with Gasteiger partial charge in [0.2, 0.25) is 5.91 Å². The van der Waals surface area contributed by atoms with E-state index in [1.807, 2.05) is 25.7 Å². The molecule has 14 heavy (non-hydrogen) atoms. The number of nitrogens with two attached hydrogens (primary N) is 1. The Hall–Kier alpha value is -0.610. The summed E-state index contributed by atoms with van der Waals surface area (Å²) in [5.74, 6) is 5.84. The van der Waals surface area contributed by atoms with Crippen molar-refractivity contribution >= 4 is 5.91 Å². The van der Waals surface area contributed by atoms with Gasteiger partial charge in [-0.1, -0.05) is 20.8 Å². The van der Waals surface area contributed by atoms with Crippen LogP contribution in [0.5, 0.6) is 0 Å². The lowest BCUT2D eigenvalue weighted by Gasteiger charge is -2.31. The molecule has 0 spiro atoms. The predicted molar refractivity (Wildman–Crippen MR) is 58.6 cm³/mol. The van der Waals surface area contributed by atoms with Crippen LogP contribution in [0.4, 0.5) is 0 Å². The third kappa shape index (κ3) is 4.58. The van der Waals surface area contributed by atoms with Crippen molar-refractivity contribution in [3.05, 3.63) is 0 Å². The van der Waals surface area contributed by atoms with Crippen molar-refractivity contribution in [1.82, 2.24) is 9.91 Å². The normalized spacial score (nSPS) is 17.3. The molecule has 0 aromatic carbocycles. The first-order valence-corrected chi connectivity index (χ1v) is 5.51. The van der Waals surface area contributed by atoms with Crippen LogP contribution < -0.4 is 5.84 Å². The quantitative estimate of drug-likeness (QED) is 0.673. The van der Waals surface area contributed by atoms with E-state index in [9.17, 15) is 4.79 Å². The second-order valence-electron chi connectivity index (χ2n) is 3.17. The Balaban J connectivity index is 0.000000791. The van der Waals surface area contributed by atoms with Crippen LogP contribution in [0.25, 0.3) is 0 Å². The third-order valence-corrected chi connectivity index (χ3v) is 2.13. The molecule has 0 aromatic rings. The zero-order valence-corrected chi connectivity index (χ0v) is 9.62. The fraction of sp³-hybridized carbons (Fsp3) is 0.900. The summed E-state index contributed by atoms with van der Waals surface area (Å²) < 4.78 is 0. The number of amides is 1. The summed E-state index contributed by atoms with van der Waals surface area (Å²) in [4.78, 5) is 13.3. The molecule has 84 valence electrons. The van der Waals surface area contributed by atoms with E-state index in [2.05, 4.69) is 0 Å². The molecule has 4 heteroatoms. The van der Waals surface area contributed by atoms with Gasteiger partial charge in [0, 0.05) is 32.6 Å². The number of hydrazine groups is 1. The lowest BCUT2D eigenvalue weighted by molar-refractivity contribution is -0.132. The number of carbonyl (C=O) groups excluding carboxylic acids is 1. The van der Waals surface area contributed by atoms with Gasteiger partial charge in [0.15, 0.2) is 0 Å². The van der Waals surface area contributed by atoms with Crippen molar-refractivity contribution in [3.63, 3.8) is 0 Å². The molecular weight excluding hydrogens is 178 g/mol. The van der Waals surface area contributed by atoms with E-state index in [1.165, 1.54) is 0 Å². The Morgan fingerprint density at radius 1 is 1.21 bits per heavy atom. The highest BCUT2D eigenvalue weighted by atomic mass is 16.2. The van der Waals surface area contributed by atoms with Gasteiger partial charge < -0.3 is 4.90 Å². The van der Waals surface area contributed by atoms with Gasteiger partial charge in [0.05, 0.1) is 0 Å². The van der Waals surface area contributed by atoms with Crippen molar-refractivity contribution in [1.29, 1.82) is 0 Å². The Morgan fingerprint density at radius 2 is 1.71 bits per heavy atom. The van der Waals surface area contributed by atoms with Crippen LogP contribution >= 0.6 is 0 Å². The number of carbonyl (C=O) groups is 1. The van der Waals surface area contributed by atoms with Crippen LogP contribution in [0.3, 0.4) is 0 Å². The van der Waals surface area contributed by atoms with Gasteiger partial charge >= 0.3 is 0 Å². The highest BCUT2D eigenvalue weighted by Gasteiger charge is 2.17. The molecule has 1 aliphatic rings. The molecular formula is C10H23N3O. The maximum atomic E-state index is 11.4. The van der Waals surface area contributed by atoms with Gasteiger partial charge in [-0.2, -0.15) is 0 Å². The predicted octanol–water partition coefficient (Wildman–Crippen LogP) is 0.831. The summed E-state index contributed by atoms with van der Waals surface area (Å²) in [6, 6.07) is 0. The summed E-state index contributed by atoms with van der Waals surface area (Å²) in [7, 11) is 0. The molecule has 0 aliphatic carbocycles. The zero-order valence-electron chi connectivity index (χ0n) is 9.62. The number of nitrogens with zero attached hydrogens (tertiary/aromatic N) is 2. The highest BCUT2D eigenvalue weighted by Crippen LogP contribution is 2.01. The van der Waals surface area contributed by atoms with Gasteiger partial charge in [-0.05, 0) is 6.42 Å². The van der Waals surface area contributed by atoms with Gasteiger partial charge in [-0.25, -0.2) is 5.01 Å². The van der Waals surface area contributed by atoms with E-state index in [0.717, 1.165) is 32.6 Å². The molecule has 0 bridgehead atoms. The van der Waals surface area contributed by atoms with Crippen LogP contribution in [-0.2, 0) is 4.79 Å². The van der Waals surface area contributed by atoms with Crippen LogP contribution in [0, 0.1) is 0 Å². The Bertz CT molecular complexity index is 153. The van der Waals surface area contributed by atoms with Crippen LogP contribution in [0.2, 0.25) is 0 Å². The largest absolute Gasteiger partial charge is 0.340 e. The van der Waals surface area contributed by atoms with Gasteiger partial charge in [0.1, 0.15) is 0 Å². The fourth-order valence-electron chi connectivity index (χ4n) is 1.34. The molecule has 1 heterocycles. The topological polar surface area (TPSA) is 49.6 Å². The van der Waals surface area contributed by atoms with Crippen molar-refractivity contribution in [2.75, 3.05) is 26.2 Å². The monoisotopic (exact) mass is 201 g/mol. The maximum absolute atomic E-state index is 11.4. The summed E-state index contributed by atoms with van der Waals surface area (Å²) in [5.41, 5.74) is 0. The van der Waals surface area contributed by atoms with Crippen LogP contribution in [0.15, 0.2) is 0 Å². The van der Waals surface area contributed by atoms with Crippen molar-refractivity contribution in [3.8, 4) is 0 Å². The first-order chi connectivity index (χ1) is 6.74. The minimum atomic E-state index is 0.269. The number of hydrogen-bond donors (Lipinski definition) is 1. The maximum Gasteiger partial charge on any atom is 0.222 e. The molecule has 0 aromatic heterocycles. The minimum Gasteiger partial charge on any atom is -0.340 e. The molecule has 2 N–H and O–H groups in total. The van der Waals surface area contributed by atoms with Crippen LogP contribution in [-0.4, -0.2) is 42.0 Å². The van der Waals surface area contributed by atoms with E-state index < -0.39 is 0 Å². The van der Waals surface area contributed by atoms with E-state index in [1.54, 1.807) is 5.01 Å². The van der Waals surface area contributed by atoms with Crippen molar-refractivity contribution < 1.29 is 4.79 Å². The zero-order chi connectivity index (χ0) is 11.0. The second-order valence-corrected chi connectivity index (χ2v) is 3.17. The number of rotatable bonds is 2. The van der Waals surface area contributed by atoms with E-state index in [-0.39, 0.29) is 5.91 Å². The van der Waals surface area contributed by atoms with Crippen molar-refractivity contribution in [2.45, 2.75) is 33.6 Å². The van der Waals surface area contributed by atoms with Crippen LogP contribution in [0.1, 0.15) is 33.6 Å². The van der Waals surface area contributed by atoms with E-state index >= 15 is 0 Å². The molecule has 1 rings (SSSR count). The fourth-order valence-corrected chi connectivity index (χ4v) is 1.34. The summed E-state index contributed by atoms with van der Waals surface area (Å²) in [5, 5.41) is 1.76. The second kappa shape index (κ2) is 7.76. The van der Waals surface area contributed by atoms with Gasteiger partial charge in [0.25, 0.3) is 0 Å². The highest BCUT2D eigenvalue weighted by molar-refractivity contribution is 5.76. The molecule has 1 saturated heterocycles. The van der Waals surface area contributed by atoms with Crippen molar-refractivity contribution in [2.24, 2.45) is 5.84 Å². The molecule has 1 amide bonds. The summed E-state index contributed by atoms with van der Waals surface area (Å²) in [6.07, 6.45) is 1.60. The van der Waals surface area contributed by atoms with Gasteiger partial charge in [-0.15, -0.1) is 0 Å². The molecule has 0 atom stereocenters. The average molecular weight is 201 g/mol. The first-order valence-electron chi connectivity index (χ1n) is 5.51. The average Bonchev–Trinajstić information content (AvgIpc) is 2.22. The lowest BCUT2D eigenvalue weighted by Crippen LogP contribution is -2.51. The number of piperazine rings is 1. The Kier molecular flexibility index (Phi) is 7.42. The summed E-state index contributed by atoms with van der Waals surface area (Å²) in [6.45, 7) is 9.20. The lowest BCUT2D eigenvalue weighted by atomic mass is 10.2. The standard InChI is InChI=1S/C8H17N3O.C2H6/c1-2-3-8(12)10-4-6-11(9)7-5-10;1-2/h2-7,9H2,1H3;1-2H3. The smallest absolute Gasteiger partial charge is 0.222 e. The minimum absolute atomic E-state index is 0.269. The SMILES string of the molecule is CC.CCCC(=O)N1CCN(N)CC1. The molecule has 0 saturated carbocycles. The third-order valence-electron chi connectivity index (χ3n) is 2.13. The van der Waals surface area contributed by atoms with Gasteiger partial charge in [-0.3, -0.25) is 10.6 Å². The molecule has 4 nitrogen and oxygen atoms in total. The Labute approximate surface area is 87.0 Å². The molecule has 1 aliphatic heterocycles. The molecule has 1 fully saturated rings. The molecule has 0 unspecified atom stereocenters. The van der Waals surface area contributed by atoms with E-state index in [0.29, 0.717) is 6.42 Å².